The van der Waals surface area contributed by atoms with Crippen LogP contribution in [0.3, 0.4) is 0 Å². The maximum atomic E-state index is 13.2. The molecule has 1 heterocycles. The minimum absolute atomic E-state index is 0.292. The van der Waals surface area contributed by atoms with Crippen molar-refractivity contribution in [2.75, 3.05) is 0 Å². The first-order chi connectivity index (χ1) is 6.24. The van der Waals surface area contributed by atoms with Crippen molar-refractivity contribution in [3.63, 3.8) is 0 Å². The molecule has 0 fully saturated rings. The minimum atomic E-state index is -0.442. The Labute approximate surface area is 83.4 Å². The molecule has 1 aromatic carbocycles. The average molecular weight is 217 g/mol. The van der Waals surface area contributed by atoms with Crippen molar-refractivity contribution < 1.29 is 9.50 Å². The molecule has 0 unspecified atom stereocenters. The molecule has 0 spiro atoms. The number of thiophene rings is 1. The van der Waals surface area contributed by atoms with E-state index in [1.54, 1.807) is 0 Å². The molecule has 1 N–H and O–H groups in total. The first-order valence-corrected chi connectivity index (χ1v) is 4.94. The highest BCUT2D eigenvalue weighted by atomic mass is 35.5. The van der Waals surface area contributed by atoms with Crippen molar-refractivity contribution in [3.8, 4) is 0 Å². The van der Waals surface area contributed by atoms with Gasteiger partial charge in [-0.1, -0.05) is 11.6 Å². The van der Waals surface area contributed by atoms with E-state index in [-0.39, 0.29) is 6.61 Å². The highest BCUT2D eigenvalue weighted by molar-refractivity contribution is 7.17. The van der Waals surface area contributed by atoms with Crippen LogP contribution in [0, 0.1) is 5.82 Å². The molecule has 0 bridgehead atoms. The van der Waals surface area contributed by atoms with Crippen molar-refractivity contribution in [2.45, 2.75) is 6.61 Å². The molecule has 0 saturated heterocycles. The molecule has 68 valence electrons. The summed E-state index contributed by atoms with van der Waals surface area (Å²) < 4.78 is 13.9. The van der Waals surface area contributed by atoms with Gasteiger partial charge in [-0.2, -0.15) is 0 Å². The normalized spacial score (nSPS) is 11.0. The van der Waals surface area contributed by atoms with Crippen LogP contribution in [0.2, 0.25) is 5.02 Å². The van der Waals surface area contributed by atoms with Crippen LogP contribution < -0.4 is 0 Å². The molecular weight excluding hydrogens is 211 g/mol. The number of hydrogen-bond donors (Lipinski definition) is 1. The first-order valence-electron chi connectivity index (χ1n) is 3.69. The van der Waals surface area contributed by atoms with E-state index in [0.717, 1.165) is 10.1 Å². The second-order valence-electron chi connectivity index (χ2n) is 2.64. The Bertz CT molecular complexity index is 452. The molecule has 0 radical (unpaired) electrons. The number of rotatable bonds is 1. The fraction of sp³-hybridized carbons (Fsp3) is 0.111. The molecule has 2 aromatic rings. The summed E-state index contributed by atoms with van der Waals surface area (Å²) in [4.78, 5) is 0. The standard InChI is InChI=1S/C9H6ClFOS/c10-7-3-8(11)6(4-12)9-5(7)1-2-13-9/h1-3,12H,4H2. The molecular formula is C9H6ClFOS. The van der Waals surface area contributed by atoms with Gasteiger partial charge in [-0.25, -0.2) is 4.39 Å². The highest BCUT2D eigenvalue weighted by Gasteiger charge is 2.10. The molecule has 1 aromatic heterocycles. The van der Waals surface area contributed by atoms with E-state index in [4.69, 9.17) is 16.7 Å². The fourth-order valence-corrected chi connectivity index (χ4v) is 2.52. The maximum Gasteiger partial charge on any atom is 0.131 e. The SMILES string of the molecule is OCc1c(F)cc(Cl)c2ccsc12. The summed E-state index contributed by atoms with van der Waals surface area (Å²) in [6.45, 7) is -0.292. The molecule has 0 amide bonds. The molecule has 0 atom stereocenters. The lowest BCUT2D eigenvalue weighted by Crippen LogP contribution is -1.89. The average Bonchev–Trinajstić information content (AvgIpc) is 2.53. The minimum Gasteiger partial charge on any atom is -0.392 e. The summed E-state index contributed by atoms with van der Waals surface area (Å²) >= 11 is 7.20. The van der Waals surface area contributed by atoms with Gasteiger partial charge in [0.05, 0.1) is 11.6 Å². The Morgan fingerprint density at radius 1 is 1.54 bits per heavy atom. The highest BCUT2D eigenvalue weighted by Crippen LogP contribution is 2.32. The van der Waals surface area contributed by atoms with Crippen LogP contribution in [-0.4, -0.2) is 5.11 Å². The van der Waals surface area contributed by atoms with Crippen LogP contribution in [0.15, 0.2) is 17.5 Å². The van der Waals surface area contributed by atoms with Crippen LogP contribution in [0.5, 0.6) is 0 Å². The van der Waals surface area contributed by atoms with E-state index in [9.17, 15) is 4.39 Å². The third kappa shape index (κ3) is 1.33. The topological polar surface area (TPSA) is 20.2 Å². The Hall–Kier alpha value is -0.640. The molecule has 0 aliphatic rings. The largest absolute Gasteiger partial charge is 0.392 e. The Kier molecular flexibility index (Phi) is 2.24. The summed E-state index contributed by atoms with van der Waals surface area (Å²) in [5.41, 5.74) is 0.328. The number of fused-ring (bicyclic) bond motifs is 1. The molecule has 13 heavy (non-hydrogen) atoms. The van der Waals surface area contributed by atoms with Crippen LogP contribution >= 0.6 is 22.9 Å². The second kappa shape index (κ2) is 3.25. The van der Waals surface area contributed by atoms with Gasteiger partial charge in [0.1, 0.15) is 5.82 Å². The van der Waals surface area contributed by atoms with Crippen molar-refractivity contribution in [2.24, 2.45) is 0 Å². The Morgan fingerprint density at radius 3 is 3.00 bits per heavy atom. The zero-order valence-electron chi connectivity index (χ0n) is 6.55. The van der Waals surface area contributed by atoms with E-state index >= 15 is 0 Å². The molecule has 1 nitrogen and oxygen atoms in total. The fourth-order valence-electron chi connectivity index (χ4n) is 1.26. The third-order valence-electron chi connectivity index (χ3n) is 1.90. The van der Waals surface area contributed by atoms with Gasteiger partial charge in [0.25, 0.3) is 0 Å². The van der Waals surface area contributed by atoms with Crippen LogP contribution in [0.1, 0.15) is 5.56 Å². The monoisotopic (exact) mass is 216 g/mol. The number of halogens is 2. The van der Waals surface area contributed by atoms with Gasteiger partial charge < -0.3 is 5.11 Å². The van der Waals surface area contributed by atoms with Gasteiger partial charge in [-0.3, -0.25) is 0 Å². The second-order valence-corrected chi connectivity index (χ2v) is 3.96. The molecule has 0 saturated carbocycles. The van der Waals surface area contributed by atoms with Crippen LogP contribution in [0.4, 0.5) is 4.39 Å². The van der Waals surface area contributed by atoms with Crippen molar-refractivity contribution in [1.82, 2.24) is 0 Å². The van der Waals surface area contributed by atoms with Crippen LogP contribution in [-0.2, 0) is 6.61 Å². The Balaban J connectivity index is 2.88. The summed E-state index contributed by atoms with van der Waals surface area (Å²) in [7, 11) is 0. The number of aliphatic hydroxyl groups is 1. The summed E-state index contributed by atoms with van der Waals surface area (Å²) in [6, 6.07) is 3.06. The van der Waals surface area contributed by atoms with Crippen molar-refractivity contribution in [1.29, 1.82) is 0 Å². The van der Waals surface area contributed by atoms with Gasteiger partial charge in [0.15, 0.2) is 0 Å². The number of benzene rings is 1. The Morgan fingerprint density at radius 2 is 2.31 bits per heavy atom. The predicted molar refractivity (Wildman–Crippen MR) is 52.7 cm³/mol. The van der Waals surface area contributed by atoms with E-state index < -0.39 is 5.82 Å². The lowest BCUT2D eigenvalue weighted by molar-refractivity contribution is 0.277. The number of hydrogen-bond acceptors (Lipinski definition) is 2. The van der Waals surface area contributed by atoms with Crippen molar-refractivity contribution in [3.05, 3.63) is 33.9 Å². The van der Waals surface area contributed by atoms with Gasteiger partial charge in [0.2, 0.25) is 0 Å². The quantitative estimate of drug-likeness (QED) is 0.776. The number of aliphatic hydroxyl groups excluding tert-OH is 1. The molecule has 0 aliphatic heterocycles. The van der Waals surface area contributed by atoms with E-state index in [2.05, 4.69) is 0 Å². The molecule has 4 heteroatoms. The van der Waals surface area contributed by atoms with E-state index in [1.807, 2.05) is 11.4 Å². The van der Waals surface area contributed by atoms with Gasteiger partial charge in [0, 0.05) is 15.6 Å². The predicted octanol–water partition coefficient (Wildman–Crippen LogP) is 3.19. The van der Waals surface area contributed by atoms with Gasteiger partial charge >= 0.3 is 0 Å². The molecule has 2 rings (SSSR count). The zero-order chi connectivity index (χ0) is 9.42. The zero-order valence-corrected chi connectivity index (χ0v) is 8.12. The summed E-state index contributed by atoms with van der Waals surface area (Å²) in [5.74, 6) is -0.442. The lowest BCUT2D eigenvalue weighted by Gasteiger charge is -2.02. The van der Waals surface area contributed by atoms with Gasteiger partial charge in [-0.15, -0.1) is 11.3 Å². The molecule has 0 aliphatic carbocycles. The van der Waals surface area contributed by atoms with Crippen LogP contribution in [0.25, 0.3) is 10.1 Å². The lowest BCUT2D eigenvalue weighted by atomic mass is 10.1. The third-order valence-corrected chi connectivity index (χ3v) is 3.18. The maximum absolute atomic E-state index is 13.2. The first kappa shape index (κ1) is 8.94. The van der Waals surface area contributed by atoms with Crippen molar-refractivity contribution >= 4 is 33.0 Å². The van der Waals surface area contributed by atoms with E-state index in [0.29, 0.717) is 10.6 Å². The van der Waals surface area contributed by atoms with Gasteiger partial charge in [-0.05, 0) is 17.5 Å². The smallest absolute Gasteiger partial charge is 0.131 e. The summed E-state index contributed by atoms with van der Waals surface area (Å²) in [5, 5.41) is 12.0. The summed E-state index contributed by atoms with van der Waals surface area (Å²) in [6.07, 6.45) is 0. The van der Waals surface area contributed by atoms with E-state index in [1.165, 1.54) is 17.4 Å².